The summed E-state index contributed by atoms with van der Waals surface area (Å²) in [5.74, 6) is 0. The summed E-state index contributed by atoms with van der Waals surface area (Å²) in [7, 11) is -2.64. The van der Waals surface area contributed by atoms with Crippen LogP contribution < -0.4 is 9.00 Å². The molecule has 0 aliphatic heterocycles. The van der Waals surface area contributed by atoms with Crippen molar-refractivity contribution >= 4 is 79.7 Å². The monoisotopic (exact) mass is 542 g/mol. The molecule has 0 amide bonds. The molecule has 0 aliphatic carbocycles. The summed E-state index contributed by atoms with van der Waals surface area (Å²) in [6.07, 6.45) is 0. The maximum atomic E-state index is 3.85. The van der Waals surface area contributed by atoms with Crippen molar-refractivity contribution in [3.8, 4) is 22.3 Å². The topological polar surface area (TPSA) is 0 Å². The Labute approximate surface area is 184 Å². The van der Waals surface area contributed by atoms with Crippen molar-refractivity contribution in [2.75, 3.05) is 0 Å². The van der Waals surface area contributed by atoms with Gasteiger partial charge in [-0.05, 0) is 64.1 Å². The van der Waals surface area contributed by atoms with Crippen LogP contribution in [0.15, 0.2) is 44.0 Å². The summed E-state index contributed by atoms with van der Waals surface area (Å²) < 4.78 is 5.58. The van der Waals surface area contributed by atoms with E-state index in [1.165, 1.54) is 29.8 Å². The Morgan fingerprint density at radius 2 is 0.962 bits per heavy atom. The molecule has 0 radical (unpaired) electrons. The molecule has 0 aliphatic rings. The molecule has 0 N–H and O–H groups in total. The highest BCUT2D eigenvalue weighted by molar-refractivity contribution is 9.11. The first-order valence-electron chi connectivity index (χ1n) is 8.68. The van der Waals surface area contributed by atoms with E-state index >= 15 is 0 Å². The van der Waals surface area contributed by atoms with Crippen molar-refractivity contribution < 1.29 is 0 Å². The number of halogens is 2. The Balaban J connectivity index is 2.17. The molecule has 3 rings (SSSR count). The highest BCUT2D eigenvalue weighted by atomic mass is 79.9. The maximum absolute atomic E-state index is 3.85. The first-order chi connectivity index (χ1) is 12.0. The fourth-order valence-electron chi connectivity index (χ4n) is 2.80. The Morgan fingerprint density at radius 1 is 0.615 bits per heavy atom. The van der Waals surface area contributed by atoms with Gasteiger partial charge in [0.05, 0.1) is 23.7 Å². The quantitative estimate of drug-likeness (QED) is 0.295. The van der Waals surface area contributed by atoms with E-state index in [-0.39, 0.29) is 0 Å². The number of benzene rings is 1. The van der Waals surface area contributed by atoms with Crippen LogP contribution in [-0.4, -0.2) is 16.1 Å². The molecule has 0 saturated carbocycles. The van der Waals surface area contributed by atoms with Gasteiger partial charge in [0.1, 0.15) is 0 Å². The normalized spacial score (nSPS) is 12.6. The third-order valence-corrected chi connectivity index (χ3v) is 15.2. The van der Waals surface area contributed by atoms with Gasteiger partial charge in [-0.2, -0.15) is 0 Å². The third-order valence-electron chi connectivity index (χ3n) is 4.36. The second kappa shape index (κ2) is 7.45. The van der Waals surface area contributed by atoms with Crippen molar-refractivity contribution in [3.05, 3.63) is 44.0 Å². The number of rotatable bonds is 4. The van der Waals surface area contributed by atoms with Crippen LogP contribution in [0.3, 0.4) is 0 Å². The van der Waals surface area contributed by atoms with Gasteiger partial charge in [-0.1, -0.05) is 63.5 Å². The highest BCUT2D eigenvalue weighted by Crippen LogP contribution is 2.42. The number of hydrogen-bond acceptors (Lipinski definition) is 2. The highest BCUT2D eigenvalue weighted by Gasteiger charge is 2.25. The first kappa shape index (κ1) is 20.7. The predicted molar refractivity (Wildman–Crippen MR) is 134 cm³/mol. The van der Waals surface area contributed by atoms with Crippen molar-refractivity contribution in [1.82, 2.24) is 0 Å². The molecule has 26 heavy (non-hydrogen) atoms. The molecule has 6 heteroatoms. The molecule has 0 nitrogen and oxygen atoms in total. The molecular weight excluding hydrogens is 520 g/mol. The van der Waals surface area contributed by atoms with Gasteiger partial charge >= 0.3 is 0 Å². The van der Waals surface area contributed by atoms with E-state index in [0.29, 0.717) is 0 Å². The fourth-order valence-corrected chi connectivity index (χ4v) is 10.9. The second-order valence-electron chi connectivity index (χ2n) is 8.64. The molecule has 138 valence electrons. The third kappa shape index (κ3) is 4.20. The molecule has 0 bridgehead atoms. The molecule has 0 atom stereocenters. The van der Waals surface area contributed by atoms with Crippen molar-refractivity contribution in [1.29, 1.82) is 0 Å². The minimum absolute atomic E-state index is 1.25. The van der Waals surface area contributed by atoms with Gasteiger partial charge < -0.3 is 0 Å². The molecule has 2 heterocycles. The lowest BCUT2D eigenvalue weighted by molar-refractivity contribution is 1.63. The minimum Gasteiger partial charge on any atom is -0.137 e. The zero-order valence-corrected chi connectivity index (χ0v) is 22.8. The van der Waals surface area contributed by atoms with Gasteiger partial charge in [0.2, 0.25) is 0 Å². The van der Waals surface area contributed by atoms with Gasteiger partial charge in [-0.15, -0.1) is 22.7 Å². The first-order valence-corrected chi connectivity index (χ1v) is 18.9. The van der Waals surface area contributed by atoms with Gasteiger partial charge in [0.15, 0.2) is 0 Å². The van der Waals surface area contributed by atoms with Crippen molar-refractivity contribution in [2.45, 2.75) is 39.3 Å². The van der Waals surface area contributed by atoms with Crippen LogP contribution in [0.4, 0.5) is 0 Å². The Morgan fingerprint density at radius 3 is 1.23 bits per heavy atom. The number of hydrogen-bond donors (Lipinski definition) is 0. The summed E-state index contributed by atoms with van der Waals surface area (Å²) >= 11 is 11.5. The molecule has 0 fully saturated rings. The Kier molecular flexibility index (Phi) is 5.94. The standard InChI is InChI=1S/C20H24Br2S2Si2/c1-25(2,3)17-11-15(19(21)23-17)13-9-7-8-10-14(13)16-12-18(24-20(16)22)26(4,5)6/h7-12H,1-6H3. The van der Waals surface area contributed by atoms with E-state index in [2.05, 4.69) is 108 Å². The molecule has 0 saturated heterocycles. The van der Waals surface area contributed by atoms with E-state index in [9.17, 15) is 0 Å². The van der Waals surface area contributed by atoms with Gasteiger partial charge in [0, 0.05) is 11.1 Å². The lowest BCUT2D eigenvalue weighted by atomic mass is 9.98. The van der Waals surface area contributed by atoms with Crippen LogP contribution >= 0.6 is 54.5 Å². The van der Waals surface area contributed by atoms with Gasteiger partial charge in [0.25, 0.3) is 0 Å². The summed E-state index contributed by atoms with van der Waals surface area (Å²) in [5, 5.41) is 0. The molecular formula is C20H24Br2S2Si2. The molecule has 0 unspecified atom stereocenters. The largest absolute Gasteiger partial charge is 0.137 e. The fraction of sp³-hybridized carbons (Fsp3) is 0.300. The Hall–Kier alpha value is 0.0138. The van der Waals surface area contributed by atoms with E-state index in [1.807, 2.05) is 22.7 Å². The molecule has 2 aromatic heterocycles. The molecule has 0 spiro atoms. The zero-order chi connectivity index (χ0) is 19.3. The van der Waals surface area contributed by atoms with Crippen LogP contribution in [0, 0.1) is 0 Å². The van der Waals surface area contributed by atoms with E-state index in [0.717, 1.165) is 0 Å². The van der Waals surface area contributed by atoms with Gasteiger partial charge in [-0.3, -0.25) is 0 Å². The van der Waals surface area contributed by atoms with Crippen molar-refractivity contribution in [2.24, 2.45) is 0 Å². The summed E-state index contributed by atoms with van der Waals surface area (Å²) in [6.45, 7) is 14.5. The molecule has 1 aromatic carbocycles. The second-order valence-corrected chi connectivity index (χ2v) is 24.2. The number of thiophene rings is 2. The zero-order valence-electron chi connectivity index (χ0n) is 16.0. The van der Waals surface area contributed by atoms with Crippen LogP contribution in [0.2, 0.25) is 39.3 Å². The van der Waals surface area contributed by atoms with E-state index < -0.39 is 16.1 Å². The summed E-state index contributed by atoms with van der Waals surface area (Å²) in [5.41, 5.74) is 5.30. The smallest absolute Gasteiger partial charge is 0.0904 e. The molecule has 3 aromatic rings. The SMILES string of the molecule is C[Si](C)(C)c1cc(-c2ccccc2-c2cc([Si](C)(C)C)sc2Br)c(Br)s1. The van der Waals surface area contributed by atoms with E-state index in [4.69, 9.17) is 0 Å². The predicted octanol–water partition coefficient (Wildman–Crippen LogP) is 7.76. The average molecular weight is 545 g/mol. The minimum atomic E-state index is -1.32. The van der Waals surface area contributed by atoms with Crippen LogP contribution in [0.25, 0.3) is 22.3 Å². The van der Waals surface area contributed by atoms with E-state index in [1.54, 1.807) is 9.00 Å². The van der Waals surface area contributed by atoms with Crippen LogP contribution in [0.1, 0.15) is 0 Å². The Bertz CT molecular complexity index is 866. The van der Waals surface area contributed by atoms with Crippen LogP contribution in [-0.2, 0) is 0 Å². The maximum Gasteiger partial charge on any atom is 0.0904 e. The van der Waals surface area contributed by atoms with Crippen molar-refractivity contribution in [3.63, 3.8) is 0 Å². The van der Waals surface area contributed by atoms with Crippen LogP contribution in [0.5, 0.6) is 0 Å². The summed E-state index contributed by atoms with van der Waals surface area (Å²) in [4.78, 5) is 0. The lowest BCUT2D eigenvalue weighted by Gasteiger charge is -2.13. The average Bonchev–Trinajstić information content (AvgIpc) is 3.10. The van der Waals surface area contributed by atoms with Gasteiger partial charge in [-0.25, -0.2) is 0 Å². The lowest BCUT2D eigenvalue weighted by Crippen LogP contribution is -2.34. The summed E-state index contributed by atoms with van der Waals surface area (Å²) in [6, 6.07) is 13.6.